The molecule has 21 heavy (non-hydrogen) atoms. The van der Waals surface area contributed by atoms with Crippen LogP contribution in [0.1, 0.15) is 43.6 Å². The first-order valence-electron chi connectivity index (χ1n) is 7.07. The Morgan fingerprint density at radius 2 is 2.00 bits per heavy atom. The summed E-state index contributed by atoms with van der Waals surface area (Å²) in [5, 5.41) is 9.13. The molecule has 0 spiro atoms. The van der Waals surface area contributed by atoms with Crippen LogP contribution in [0.15, 0.2) is 18.2 Å². The number of aliphatic hydroxyl groups excluding tert-OH is 1. The Hall–Kier alpha value is -1.50. The molecule has 1 aromatic rings. The van der Waals surface area contributed by atoms with Crippen molar-refractivity contribution in [2.45, 2.75) is 33.7 Å². The summed E-state index contributed by atoms with van der Waals surface area (Å²) in [7, 11) is 0. The van der Waals surface area contributed by atoms with Crippen LogP contribution in [0.2, 0.25) is 5.02 Å². The molecule has 1 amide bonds. The summed E-state index contributed by atoms with van der Waals surface area (Å²) in [5.41, 5.74) is 1.17. The lowest BCUT2D eigenvalue weighted by molar-refractivity contribution is 0.0682. The minimum Gasteiger partial charge on any atom is -0.384 e. The van der Waals surface area contributed by atoms with E-state index in [2.05, 4.69) is 25.7 Å². The Morgan fingerprint density at radius 3 is 2.48 bits per heavy atom. The summed E-state index contributed by atoms with van der Waals surface area (Å²) in [4.78, 5) is 14.4. The Labute approximate surface area is 131 Å². The molecule has 0 fully saturated rings. The normalized spacial score (nSPS) is 10.5. The molecule has 4 heteroatoms. The highest BCUT2D eigenvalue weighted by atomic mass is 35.5. The fraction of sp³-hybridized carbons (Fsp3) is 0.471. The first kappa shape index (κ1) is 17.6. The molecule has 0 unspecified atom stereocenters. The lowest BCUT2D eigenvalue weighted by Crippen LogP contribution is -2.39. The fourth-order valence-electron chi connectivity index (χ4n) is 1.97. The molecule has 0 saturated heterocycles. The van der Waals surface area contributed by atoms with E-state index in [-0.39, 0.29) is 18.6 Å². The van der Waals surface area contributed by atoms with Gasteiger partial charge in [0.2, 0.25) is 0 Å². The number of hydrogen-bond donors (Lipinski definition) is 1. The fourth-order valence-corrected chi connectivity index (χ4v) is 2.20. The van der Waals surface area contributed by atoms with Gasteiger partial charge in [0.25, 0.3) is 5.91 Å². The van der Waals surface area contributed by atoms with E-state index < -0.39 is 0 Å². The van der Waals surface area contributed by atoms with Crippen molar-refractivity contribution in [3.63, 3.8) is 0 Å². The van der Waals surface area contributed by atoms with Crippen LogP contribution in [0.3, 0.4) is 0 Å². The van der Waals surface area contributed by atoms with Crippen molar-refractivity contribution >= 4 is 17.5 Å². The monoisotopic (exact) mass is 307 g/mol. The van der Waals surface area contributed by atoms with E-state index in [9.17, 15) is 4.79 Å². The number of halogens is 1. The maximum Gasteiger partial charge on any atom is 0.254 e. The number of amides is 1. The Morgan fingerprint density at radius 1 is 1.33 bits per heavy atom. The van der Waals surface area contributed by atoms with Gasteiger partial charge in [0.1, 0.15) is 6.61 Å². The average molecular weight is 308 g/mol. The molecule has 114 valence electrons. The standard InChI is InChI=1S/C17H22ClNO2/c1-12(2)11-19(13(3)4)17(21)15-8-7-14(6-5-9-20)16(18)10-15/h7-8,10,12-13,20H,9,11H2,1-4H3. The Kier molecular flexibility index (Phi) is 6.74. The second-order valence-corrected chi connectivity index (χ2v) is 6.01. The summed E-state index contributed by atoms with van der Waals surface area (Å²) < 4.78 is 0. The van der Waals surface area contributed by atoms with Gasteiger partial charge in [-0.15, -0.1) is 0 Å². The zero-order chi connectivity index (χ0) is 16.0. The van der Waals surface area contributed by atoms with E-state index >= 15 is 0 Å². The van der Waals surface area contributed by atoms with Gasteiger partial charge in [-0.05, 0) is 38.0 Å². The molecule has 1 rings (SSSR count). The van der Waals surface area contributed by atoms with Crippen molar-refractivity contribution < 1.29 is 9.90 Å². The highest BCUT2D eigenvalue weighted by molar-refractivity contribution is 6.32. The van der Waals surface area contributed by atoms with Crippen LogP contribution in [0.25, 0.3) is 0 Å². The van der Waals surface area contributed by atoms with E-state index in [1.807, 2.05) is 18.7 Å². The van der Waals surface area contributed by atoms with Gasteiger partial charge in [-0.25, -0.2) is 0 Å². The van der Waals surface area contributed by atoms with Crippen LogP contribution in [-0.2, 0) is 0 Å². The average Bonchev–Trinajstić information content (AvgIpc) is 2.42. The van der Waals surface area contributed by atoms with Gasteiger partial charge in [-0.1, -0.05) is 37.3 Å². The number of aliphatic hydroxyl groups is 1. The van der Waals surface area contributed by atoms with Gasteiger partial charge in [-0.2, -0.15) is 0 Å². The van der Waals surface area contributed by atoms with Crippen molar-refractivity contribution in [3.8, 4) is 11.8 Å². The van der Waals surface area contributed by atoms with E-state index in [1.165, 1.54) is 0 Å². The third-order valence-electron chi connectivity index (χ3n) is 2.96. The van der Waals surface area contributed by atoms with Crippen molar-refractivity contribution in [1.82, 2.24) is 4.90 Å². The SMILES string of the molecule is CC(C)CN(C(=O)c1ccc(C#CCO)c(Cl)c1)C(C)C. The van der Waals surface area contributed by atoms with Crippen LogP contribution in [0.4, 0.5) is 0 Å². The number of carbonyl (C=O) groups is 1. The second kappa shape index (κ2) is 8.07. The zero-order valence-electron chi connectivity index (χ0n) is 13.0. The summed E-state index contributed by atoms with van der Waals surface area (Å²) >= 11 is 6.14. The van der Waals surface area contributed by atoms with Crippen molar-refractivity contribution in [2.24, 2.45) is 5.92 Å². The minimum atomic E-state index is -0.216. The predicted octanol–water partition coefficient (Wildman–Crippen LogP) is 3.19. The molecular weight excluding hydrogens is 286 g/mol. The topological polar surface area (TPSA) is 40.5 Å². The summed E-state index contributed by atoms with van der Waals surface area (Å²) in [5.74, 6) is 5.68. The van der Waals surface area contributed by atoms with Crippen LogP contribution < -0.4 is 0 Å². The molecule has 0 bridgehead atoms. The lowest BCUT2D eigenvalue weighted by atomic mass is 10.1. The molecule has 0 heterocycles. The number of hydrogen-bond acceptors (Lipinski definition) is 2. The van der Waals surface area contributed by atoms with E-state index in [1.54, 1.807) is 18.2 Å². The molecule has 0 atom stereocenters. The molecule has 0 aliphatic rings. The maximum absolute atomic E-state index is 12.6. The van der Waals surface area contributed by atoms with Crippen molar-refractivity contribution in [3.05, 3.63) is 34.3 Å². The van der Waals surface area contributed by atoms with Crippen molar-refractivity contribution in [1.29, 1.82) is 0 Å². The van der Waals surface area contributed by atoms with E-state index in [0.717, 1.165) is 0 Å². The second-order valence-electron chi connectivity index (χ2n) is 5.60. The van der Waals surface area contributed by atoms with Crippen LogP contribution in [0, 0.1) is 17.8 Å². The smallest absolute Gasteiger partial charge is 0.254 e. The quantitative estimate of drug-likeness (QED) is 0.868. The molecule has 1 N–H and O–H groups in total. The number of benzene rings is 1. The molecule has 0 aromatic heterocycles. The van der Waals surface area contributed by atoms with Crippen LogP contribution in [-0.4, -0.2) is 35.1 Å². The van der Waals surface area contributed by atoms with Gasteiger partial charge in [-0.3, -0.25) is 4.79 Å². The summed E-state index contributed by atoms with van der Waals surface area (Å²) in [6, 6.07) is 5.21. The molecule has 0 aliphatic carbocycles. The predicted molar refractivity (Wildman–Crippen MR) is 86.4 cm³/mol. The number of rotatable bonds is 4. The first-order chi connectivity index (χ1) is 9.86. The Balaban J connectivity index is 3.03. The molecule has 0 saturated carbocycles. The van der Waals surface area contributed by atoms with Gasteiger partial charge in [0, 0.05) is 23.7 Å². The molecule has 0 radical (unpaired) electrons. The number of nitrogens with zero attached hydrogens (tertiary/aromatic N) is 1. The van der Waals surface area contributed by atoms with Crippen molar-refractivity contribution in [2.75, 3.05) is 13.2 Å². The minimum absolute atomic E-state index is 0.0257. The van der Waals surface area contributed by atoms with E-state index in [0.29, 0.717) is 28.6 Å². The zero-order valence-corrected chi connectivity index (χ0v) is 13.7. The molecule has 0 aliphatic heterocycles. The third-order valence-corrected chi connectivity index (χ3v) is 3.28. The van der Waals surface area contributed by atoms with Crippen LogP contribution >= 0.6 is 11.6 Å². The molecule has 3 nitrogen and oxygen atoms in total. The first-order valence-corrected chi connectivity index (χ1v) is 7.44. The van der Waals surface area contributed by atoms with Gasteiger partial charge >= 0.3 is 0 Å². The molecular formula is C17H22ClNO2. The summed E-state index contributed by atoms with van der Waals surface area (Å²) in [6.45, 7) is 8.67. The van der Waals surface area contributed by atoms with Gasteiger partial charge in [0.15, 0.2) is 0 Å². The largest absolute Gasteiger partial charge is 0.384 e. The van der Waals surface area contributed by atoms with Gasteiger partial charge in [0.05, 0.1) is 5.02 Å². The lowest BCUT2D eigenvalue weighted by Gasteiger charge is -2.28. The van der Waals surface area contributed by atoms with Gasteiger partial charge < -0.3 is 10.0 Å². The highest BCUT2D eigenvalue weighted by Crippen LogP contribution is 2.19. The summed E-state index contributed by atoms with van der Waals surface area (Å²) in [6.07, 6.45) is 0. The Bertz CT molecular complexity index is 556. The third kappa shape index (κ3) is 5.08. The number of carbonyl (C=O) groups excluding carboxylic acids is 1. The van der Waals surface area contributed by atoms with E-state index in [4.69, 9.17) is 16.7 Å². The highest BCUT2D eigenvalue weighted by Gasteiger charge is 2.20. The van der Waals surface area contributed by atoms with Crippen LogP contribution in [0.5, 0.6) is 0 Å². The maximum atomic E-state index is 12.6. The molecule has 1 aromatic carbocycles.